The predicted molar refractivity (Wildman–Crippen MR) is 128 cm³/mol. The number of hydrogen-bond donors (Lipinski definition) is 3. The fourth-order valence-electron chi connectivity index (χ4n) is 4.31. The lowest BCUT2D eigenvalue weighted by Crippen LogP contribution is -2.40. The minimum Gasteiger partial charge on any atom is -0.492 e. The highest BCUT2D eigenvalue weighted by Gasteiger charge is 2.39. The number of nitrogens with zero attached hydrogens (tertiary/aromatic N) is 1. The van der Waals surface area contributed by atoms with Gasteiger partial charge in [0.05, 0.1) is 12.5 Å². The van der Waals surface area contributed by atoms with Crippen LogP contribution in [0.25, 0.3) is 0 Å². The fraction of sp³-hybridized carbons (Fsp3) is 0.364. The molecule has 0 aliphatic carbocycles. The Labute approximate surface area is 210 Å². The largest absolute Gasteiger partial charge is 0.492 e. The second kappa shape index (κ2) is 10.3. The molecular weight excluding hydrogens is 522 g/mol. The van der Waals surface area contributed by atoms with Crippen LogP contribution in [0, 0.1) is 12.7 Å². The van der Waals surface area contributed by atoms with E-state index in [9.17, 15) is 17.6 Å². The van der Waals surface area contributed by atoms with Crippen LogP contribution in [0.3, 0.4) is 0 Å². The highest BCUT2D eigenvalue weighted by molar-refractivity contribution is 7.89. The van der Waals surface area contributed by atoms with Crippen molar-refractivity contribution in [1.82, 2.24) is 14.9 Å². The van der Waals surface area contributed by atoms with Crippen LogP contribution in [-0.4, -0.2) is 37.3 Å². The van der Waals surface area contributed by atoms with Gasteiger partial charge < -0.3 is 14.9 Å². The molecule has 3 aromatic rings. The maximum Gasteiger partial charge on any atom is 0.434 e. The minimum absolute atomic E-state index is 0.0861. The Morgan fingerprint density at radius 3 is 2.77 bits per heavy atom. The van der Waals surface area contributed by atoms with E-state index in [0.29, 0.717) is 18.6 Å². The number of halogens is 3. The van der Waals surface area contributed by atoms with Gasteiger partial charge in [0, 0.05) is 17.5 Å². The second-order valence-electron chi connectivity index (χ2n) is 8.11. The molecule has 0 spiro atoms. The Hall–Kier alpha value is -2.44. The SMILES string of the molecule is Cc1c(Cl)ccc(F)c1[C@H](CN)[C@@H](c1n[nH]c(=O)o1)C(Cl)NS(=O)(=O)c1cccc2c1OCCC2. The number of aromatic nitrogens is 2. The molecule has 188 valence electrons. The van der Waals surface area contributed by atoms with E-state index in [4.69, 9.17) is 38.1 Å². The number of sulfonamides is 1. The number of para-hydroxylation sites is 1. The first kappa shape index (κ1) is 25.6. The Kier molecular flexibility index (Phi) is 7.53. The number of nitrogens with two attached hydrogens (primary N) is 1. The van der Waals surface area contributed by atoms with E-state index in [0.717, 1.165) is 12.0 Å². The molecule has 1 aliphatic rings. The average molecular weight is 545 g/mol. The van der Waals surface area contributed by atoms with Gasteiger partial charge in [-0.2, -0.15) is 4.72 Å². The lowest BCUT2D eigenvalue weighted by Gasteiger charge is -2.30. The van der Waals surface area contributed by atoms with Crippen LogP contribution < -0.4 is 20.9 Å². The topological polar surface area (TPSA) is 140 Å². The summed E-state index contributed by atoms with van der Waals surface area (Å²) in [6, 6.07) is 7.38. The normalized spacial score (nSPS) is 16.3. The smallest absolute Gasteiger partial charge is 0.434 e. The fourth-order valence-corrected chi connectivity index (χ4v) is 6.37. The Bertz CT molecular complexity index is 1390. The van der Waals surface area contributed by atoms with Crippen LogP contribution in [0.5, 0.6) is 5.75 Å². The molecule has 1 aromatic heterocycles. The Morgan fingerprint density at radius 1 is 1.31 bits per heavy atom. The highest BCUT2D eigenvalue weighted by Crippen LogP contribution is 2.40. The number of benzene rings is 2. The summed E-state index contributed by atoms with van der Waals surface area (Å²) in [5, 5.41) is 6.23. The molecule has 1 unspecified atom stereocenters. The number of alkyl halides is 1. The third kappa shape index (κ3) is 5.10. The standard InChI is InChI=1S/C22H23Cl2FN4O5S/c1-11-14(23)7-8-15(25)17(11)13(10-26)18(21-27-28-22(30)34-21)20(24)29-35(31,32)16-6-2-4-12-5-3-9-33-19(12)16/h2,4,6-8,13,18,20,29H,3,5,9-10,26H2,1H3,(H,28,30)/t13-,18+,20?/m0/s1. The van der Waals surface area contributed by atoms with E-state index < -0.39 is 38.9 Å². The molecule has 4 rings (SSSR count). The van der Waals surface area contributed by atoms with Crippen LogP contribution in [0.15, 0.2) is 44.4 Å². The molecule has 9 nitrogen and oxygen atoms in total. The third-order valence-corrected chi connectivity index (χ3v) is 8.35. The van der Waals surface area contributed by atoms with Crippen LogP contribution in [-0.2, 0) is 16.4 Å². The van der Waals surface area contributed by atoms with Crippen molar-refractivity contribution >= 4 is 33.2 Å². The van der Waals surface area contributed by atoms with Gasteiger partial charge in [-0.1, -0.05) is 23.7 Å². The van der Waals surface area contributed by atoms with Gasteiger partial charge >= 0.3 is 5.76 Å². The molecule has 0 radical (unpaired) electrons. The summed E-state index contributed by atoms with van der Waals surface area (Å²) < 4.78 is 54.9. The van der Waals surface area contributed by atoms with Gasteiger partial charge in [0.25, 0.3) is 0 Å². The van der Waals surface area contributed by atoms with Crippen LogP contribution in [0.2, 0.25) is 5.02 Å². The minimum atomic E-state index is -4.22. The van der Waals surface area contributed by atoms with E-state index >= 15 is 0 Å². The van der Waals surface area contributed by atoms with Gasteiger partial charge in [-0.3, -0.25) is 0 Å². The first-order chi connectivity index (χ1) is 16.6. The Morgan fingerprint density at radius 2 is 2.09 bits per heavy atom. The number of hydrogen-bond acceptors (Lipinski definition) is 7. The summed E-state index contributed by atoms with van der Waals surface area (Å²) in [7, 11) is -4.22. The van der Waals surface area contributed by atoms with Gasteiger partial charge in [0.15, 0.2) is 0 Å². The molecular formula is C22H23Cl2FN4O5S. The van der Waals surface area contributed by atoms with Crippen molar-refractivity contribution in [3.8, 4) is 5.75 Å². The van der Waals surface area contributed by atoms with Crippen molar-refractivity contribution < 1.29 is 22.0 Å². The van der Waals surface area contributed by atoms with Crippen molar-refractivity contribution in [2.75, 3.05) is 13.2 Å². The molecule has 0 bridgehead atoms. The van der Waals surface area contributed by atoms with Gasteiger partial charge in [-0.25, -0.2) is 22.7 Å². The van der Waals surface area contributed by atoms with Gasteiger partial charge in [-0.05, 0) is 54.7 Å². The first-order valence-electron chi connectivity index (χ1n) is 10.7. The van der Waals surface area contributed by atoms with Gasteiger partial charge in [0.1, 0.15) is 22.0 Å². The summed E-state index contributed by atoms with van der Waals surface area (Å²) in [4.78, 5) is 11.6. The van der Waals surface area contributed by atoms with Gasteiger partial charge in [0.2, 0.25) is 15.9 Å². The van der Waals surface area contributed by atoms with Crippen molar-refractivity contribution in [1.29, 1.82) is 0 Å². The molecule has 2 aromatic carbocycles. The van der Waals surface area contributed by atoms with Crippen LogP contribution in [0.4, 0.5) is 4.39 Å². The lowest BCUT2D eigenvalue weighted by molar-refractivity contribution is 0.280. The zero-order valence-electron chi connectivity index (χ0n) is 18.6. The number of rotatable bonds is 8. The zero-order chi connectivity index (χ0) is 25.3. The summed E-state index contributed by atoms with van der Waals surface area (Å²) in [6.45, 7) is 1.80. The third-order valence-electron chi connectivity index (χ3n) is 5.96. The van der Waals surface area contributed by atoms with Crippen molar-refractivity contribution in [2.45, 2.75) is 42.0 Å². The highest BCUT2D eigenvalue weighted by atomic mass is 35.5. The lowest BCUT2D eigenvalue weighted by atomic mass is 9.83. The van der Waals surface area contributed by atoms with E-state index in [-0.39, 0.29) is 33.7 Å². The zero-order valence-corrected chi connectivity index (χ0v) is 20.9. The molecule has 1 aliphatic heterocycles. The Balaban J connectivity index is 1.77. The summed E-state index contributed by atoms with van der Waals surface area (Å²) >= 11 is 12.8. The number of nitrogens with one attached hydrogen (secondary N) is 2. The number of aryl methyl sites for hydroxylation is 1. The summed E-state index contributed by atoms with van der Waals surface area (Å²) in [6.07, 6.45) is 1.44. The molecule has 13 heteroatoms. The average Bonchev–Trinajstić information content (AvgIpc) is 3.25. The molecule has 0 saturated heterocycles. The van der Waals surface area contributed by atoms with Crippen molar-refractivity contribution in [2.24, 2.45) is 5.73 Å². The van der Waals surface area contributed by atoms with Crippen LogP contribution in [0.1, 0.15) is 40.8 Å². The monoisotopic (exact) mass is 544 g/mol. The maximum absolute atomic E-state index is 15.0. The maximum atomic E-state index is 15.0. The predicted octanol–water partition coefficient (Wildman–Crippen LogP) is 3.16. The van der Waals surface area contributed by atoms with Gasteiger partial charge in [-0.15, -0.1) is 16.7 Å². The van der Waals surface area contributed by atoms with Crippen molar-refractivity contribution in [3.63, 3.8) is 0 Å². The second-order valence-corrected chi connectivity index (χ2v) is 10.7. The number of aromatic amines is 1. The molecule has 35 heavy (non-hydrogen) atoms. The van der Waals surface area contributed by atoms with E-state index in [1.807, 2.05) is 0 Å². The van der Waals surface area contributed by atoms with E-state index in [1.165, 1.54) is 18.2 Å². The molecule has 4 N–H and O–H groups in total. The van der Waals surface area contributed by atoms with E-state index in [2.05, 4.69) is 14.9 Å². The van der Waals surface area contributed by atoms with Crippen LogP contribution >= 0.6 is 23.2 Å². The first-order valence-corrected chi connectivity index (χ1v) is 13.0. The van der Waals surface area contributed by atoms with E-state index in [1.54, 1.807) is 19.1 Å². The summed E-state index contributed by atoms with van der Waals surface area (Å²) in [5.74, 6) is -3.62. The van der Waals surface area contributed by atoms with Crippen molar-refractivity contribution in [3.05, 3.63) is 74.3 Å². The summed E-state index contributed by atoms with van der Waals surface area (Å²) in [5.41, 5.74) is 5.83. The molecule has 0 saturated carbocycles. The molecule has 0 amide bonds. The quantitative estimate of drug-likeness (QED) is 0.292. The molecule has 3 atom stereocenters. The number of ether oxygens (including phenoxy) is 1. The number of H-pyrrole nitrogens is 1. The number of fused-ring (bicyclic) bond motifs is 1. The molecule has 2 heterocycles. The molecule has 0 fully saturated rings.